The number of nitrogens with one attached hydrogen (secondary N) is 2. The van der Waals surface area contributed by atoms with Gasteiger partial charge in [0, 0.05) is 29.4 Å². The number of benzene rings is 1. The largest absolute Gasteiger partial charge is 0.341 e. The minimum atomic E-state index is -2.91. The van der Waals surface area contributed by atoms with E-state index in [-0.39, 0.29) is 42.2 Å². The molecule has 10 nitrogen and oxygen atoms in total. The summed E-state index contributed by atoms with van der Waals surface area (Å²) >= 11 is 0. The van der Waals surface area contributed by atoms with Crippen molar-refractivity contribution in [3.8, 4) is 11.3 Å². The summed E-state index contributed by atoms with van der Waals surface area (Å²) in [5, 5.41) is 4.86. The topological polar surface area (TPSA) is 108 Å². The highest BCUT2D eigenvalue weighted by molar-refractivity contribution is 6.08. The molecule has 1 aromatic carbocycles. The number of likely N-dealkylation sites (tertiary alicyclic amines) is 1. The molecule has 5 heterocycles. The number of halogens is 5. The minimum Gasteiger partial charge on any atom is -0.341 e. The van der Waals surface area contributed by atoms with Gasteiger partial charge in [-0.05, 0) is 104 Å². The van der Waals surface area contributed by atoms with Crippen LogP contribution in [0.25, 0.3) is 22.3 Å². The number of aromatic nitrogens is 4. The third-order valence-corrected chi connectivity index (χ3v) is 11.9. The van der Waals surface area contributed by atoms with Crippen LogP contribution >= 0.6 is 0 Å². The molecule has 0 unspecified atom stereocenters. The van der Waals surface area contributed by atoms with Crippen molar-refractivity contribution in [1.82, 2.24) is 29.7 Å². The molecule has 3 aromatic heterocycles. The van der Waals surface area contributed by atoms with Crippen molar-refractivity contribution in [2.75, 3.05) is 23.3 Å². The molecule has 2 saturated carbocycles. The molecule has 54 heavy (non-hydrogen) atoms. The summed E-state index contributed by atoms with van der Waals surface area (Å²) < 4.78 is 74.4. The van der Waals surface area contributed by atoms with Gasteiger partial charge in [-0.1, -0.05) is 6.42 Å². The molecular weight excluding hydrogens is 707 g/mol. The molecule has 0 spiro atoms. The lowest BCUT2D eigenvalue weighted by Gasteiger charge is -2.55. The summed E-state index contributed by atoms with van der Waals surface area (Å²) in [7, 11) is 0. The van der Waals surface area contributed by atoms with E-state index in [1.54, 1.807) is 23.2 Å². The van der Waals surface area contributed by atoms with Crippen molar-refractivity contribution in [3.05, 3.63) is 59.4 Å². The lowest BCUT2D eigenvalue weighted by atomic mass is 9.71. The highest BCUT2D eigenvalue weighted by atomic mass is 19.3. The summed E-state index contributed by atoms with van der Waals surface area (Å²) in [4.78, 5) is 45.5. The Labute approximate surface area is 309 Å². The molecule has 286 valence electrons. The normalized spacial score (nSPS) is 23.2. The Morgan fingerprint density at radius 3 is 2.30 bits per heavy atom. The fourth-order valence-corrected chi connectivity index (χ4v) is 8.46. The van der Waals surface area contributed by atoms with Crippen molar-refractivity contribution in [3.63, 3.8) is 0 Å². The standard InChI is InChI=1S/C39H43F5N8O2/c1-20(2)51-19-46-26-15-24(47-33(31(26)51)48-25-14-23(28(40)30(42)29(25)41)34(53)49-39(9-10-39)35(43)44)21-13-27-32(45-18-21)37(3,4)36(54)52(27)22-16-38(5,17-22)50-11-7-6-8-12-50/h13-15,18-20,22,35H,6-12,16-17H2,1-5H3,(H,47,48)(H,49,53). The zero-order valence-electron chi connectivity index (χ0n) is 30.9. The number of carbonyl (C=O) groups is 2. The van der Waals surface area contributed by atoms with Crippen LogP contribution < -0.4 is 15.5 Å². The van der Waals surface area contributed by atoms with Crippen molar-refractivity contribution in [1.29, 1.82) is 0 Å². The van der Waals surface area contributed by atoms with Crippen LogP contribution in [-0.2, 0) is 10.2 Å². The van der Waals surface area contributed by atoms with E-state index in [1.165, 1.54) is 19.3 Å². The zero-order chi connectivity index (χ0) is 38.5. The number of hydrogen-bond donors (Lipinski definition) is 2. The van der Waals surface area contributed by atoms with Crippen LogP contribution in [0.15, 0.2) is 30.7 Å². The first-order valence-electron chi connectivity index (χ1n) is 18.6. The second kappa shape index (κ2) is 12.7. The summed E-state index contributed by atoms with van der Waals surface area (Å²) in [5.74, 6) is -6.67. The Balaban J connectivity index is 1.17. The Hall–Kier alpha value is -4.66. The Morgan fingerprint density at radius 1 is 0.944 bits per heavy atom. The van der Waals surface area contributed by atoms with Gasteiger partial charge in [0.15, 0.2) is 23.3 Å². The van der Waals surface area contributed by atoms with Crippen molar-refractivity contribution >= 4 is 40.0 Å². The number of pyridine rings is 2. The molecule has 2 amide bonds. The summed E-state index contributed by atoms with van der Waals surface area (Å²) in [5.41, 5.74) is -1.14. The number of anilines is 3. The van der Waals surface area contributed by atoms with E-state index in [4.69, 9.17) is 9.97 Å². The maximum atomic E-state index is 15.4. The highest BCUT2D eigenvalue weighted by Crippen LogP contribution is 2.50. The van der Waals surface area contributed by atoms with Crippen molar-refractivity contribution < 1.29 is 31.5 Å². The van der Waals surface area contributed by atoms with E-state index >= 15 is 8.78 Å². The maximum Gasteiger partial charge on any atom is 0.261 e. The first-order valence-corrected chi connectivity index (χ1v) is 18.6. The van der Waals surface area contributed by atoms with Gasteiger partial charge in [-0.3, -0.25) is 19.5 Å². The van der Waals surface area contributed by atoms with Crippen molar-refractivity contribution in [2.45, 2.75) is 115 Å². The van der Waals surface area contributed by atoms with Gasteiger partial charge in [-0.2, -0.15) is 0 Å². The third kappa shape index (κ3) is 5.72. The van der Waals surface area contributed by atoms with Gasteiger partial charge in [0.1, 0.15) is 11.1 Å². The van der Waals surface area contributed by atoms with Gasteiger partial charge in [-0.15, -0.1) is 0 Å². The van der Waals surface area contributed by atoms with Crippen LogP contribution in [0.3, 0.4) is 0 Å². The van der Waals surface area contributed by atoms with E-state index in [0.29, 0.717) is 33.7 Å². The molecule has 3 fully saturated rings. The molecule has 8 rings (SSSR count). The molecule has 0 atom stereocenters. The monoisotopic (exact) mass is 750 g/mol. The first kappa shape index (κ1) is 36.3. The molecule has 15 heteroatoms. The Kier molecular flexibility index (Phi) is 8.55. The van der Waals surface area contributed by atoms with Gasteiger partial charge in [0.25, 0.3) is 12.3 Å². The molecule has 0 radical (unpaired) electrons. The predicted molar refractivity (Wildman–Crippen MR) is 194 cm³/mol. The van der Waals surface area contributed by atoms with Crippen LogP contribution in [0, 0.1) is 17.5 Å². The van der Waals surface area contributed by atoms with Crippen molar-refractivity contribution in [2.24, 2.45) is 0 Å². The molecule has 4 aromatic rings. The lowest BCUT2D eigenvalue weighted by molar-refractivity contribution is -0.123. The van der Waals surface area contributed by atoms with E-state index in [0.717, 1.165) is 32.0 Å². The van der Waals surface area contributed by atoms with Gasteiger partial charge in [-0.25, -0.2) is 31.9 Å². The van der Waals surface area contributed by atoms with Crippen LogP contribution in [0.1, 0.15) is 102 Å². The quantitative estimate of drug-likeness (QED) is 0.133. The van der Waals surface area contributed by atoms with Crippen LogP contribution in [0.4, 0.5) is 39.1 Å². The Morgan fingerprint density at radius 2 is 1.65 bits per heavy atom. The summed E-state index contributed by atoms with van der Waals surface area (Å²) in [6.45, 7) is 11.9. The molecule has 2 N–H and O–H groups in total. The zero-order valence-corrected chi connectivity index (χ0v) is 30.9. The SMILES string of the molecule is CC(C)n1cnc2cc(-c3cnc4c(c3)N(C3CC(C)(N5CCCCC5)C3)C(=O)C4(C)C)nc(Nc3cc(C(=O)NC4(C(F)F)CC4)c(F)c(F)c3F)c21. The molecular formula is C39H43F5N8O2. The maximum absolute atomic E-state index is 15.4. The average Bonchev–Trinajstić information content (AvgIpc) is 3.73. The van der Waals surface area contributed by atoms with Crippen LogP contribution in [0.5, 0.6) is 0 Å². The number of amides is 2. The number of carbonyl (C=O) groups excluding carboxylic acids is 2. The molecule has 0 bridgehead atoms. The highest BCUT2D eigenvalue weighted by Gasteiger charge is 2.55. The van der Waals surface area contributed by atoms with Gasteiger partial charge in [0.2, 0.25) is 5.91 Å². The fourth-order valence-electron chi connectivity index (χ4n) is 8.46. The number of piperidine rings is 1. The van der Waals surface area contributed by atoms with E-state index in [2.05, 4.69) is 27.4 Å². The number of fused-ring (bicyclic) bond motifs is 2. The van der Waals surface area contributed by atoms with Gasteiger partial charge in [0.05, 0.1) is 45.6 Å². The fraction of sp³-hybridized carbons (Fsp3) is 0.513. The summed E-state index contributed by atoms with van der Waals surface area (Å²) in [6.07, 6.45) is 5.50. The number of alkyl halides is 2. The molecule has 1 saturated heterocycles. The second-order valence-corrected chi connectivity index (χ2v) is 16.4. The predicted octanol–water partition coefficient (Wildman–Crippen LogP) is 7.79. The average molecular weight is 751 g/mol. The number of imidazole rings is 1. The molecule has 4 aliphatic rings. The van der Waals surface area contributed by atoms with E-state index < -0.39 is 52.0 Å². The minimum absolute atomic E-state index is 0.00496. The van der Waals surface area contributed by atoms with Crippen LogP contribution in [0.2, 0.25) is 0 Å². The van der Waals surface area contributed by atoms with E-state index in [1.807, 2.05) is 38.7 Å². The lowest BCUT2D eigenvalue weighted by Crippen LogP contribution is -2.64. The first-order chi connectivity index (χ1) is 25.5. The number of rotatable bonds is 9. The second-order valence-electron chi connectivity index (χ2n) is 16.4. The smallest absolute Gasteiger partial charge is 0.261 e. The Bertz CT molecular complexity index is 2190. The number of hydrogen-bond acceptors (Lipinski definition) is 7. The van der Waals surface area contributed by atoms with E-state index in [9.17, 15) is 22.8 Å². The van der Waals surface area contributed by atoms with Crippen LogP contribution in [-0.4, -0.2) is 72.9 Å². The summed E-state index contributed by atoms with van der Waals surface area (Å²) in [6, 6.07) is 4.20. The van der Waals surface area contributed by atoms with Gasteiger partial charge >= 0.3 is 0 Å². The molecule has 2 aliphatic heterocycles. The van der Waals surface area contributed by atoms with Gasteiger partial charge < -0.3 is 20.1 Å². The third-order valence-electron chi connectivity index (χ3n) is 11.9. The molecule has 2 aliphatic carbocycles. The number of nitrogens with zero attached hydrogens (tertiary/aromatic N) is 6.